The monoisotopic (exact) mass is 396 g/mol. The number of ether oxygens (including phenoxy) is 1. The lowest BCUT2D eigenvalue weighted by atomic mass is 9.95. The van der Waals surface area contributed by atoms with Crippen LogP contribution in [0.4, 0.5) is 13.2 Å². The van der Waals surface area contributed by atoms with Gasteiger partial charge in [0.25, 0.3) is 0 Å². The summed E-state index contributed by atoms with van der Waals surface area (Å²) in [5.74, 6) is -0.627. The van der Waals surface area contributed by atoms with Gasteiger partial charge in [0.05, 0.1) is 12.7 Å². The zero-order valence-electron chi connectivity index (χ0n) is 16.7. The normalized spacial score (nSPS) is 12.2. The summed E-state index contributed by atoms with van der Waals surface area (Å²) in [4.78, 5) is 27.9. The Kier molecular flexibility index (Phi) is 5.73. The summed E-state index contributed by atoms with van der Waals surface area (Å²) in [5.41, 5.74) is -0.936. The van der Waals surface area contributed by atoms with E-state index >= 15 is 0 Å². The van der Waals surface area contributed by atoms with Gasteiger partial charge >= 0.3 is 12.1 Å². The first-order valence-electron chi connectivity index (χ1n) is 8.64. The van der Waals surface area contributed by atoms with Crippen LogP contribution >= 0.6 is 0 Å². The second-order valence-electron chi connectivity index (χ2n) is 7.62. The Morgan fingerprint density at radius 1 is 1.18 bits per heavy atom. The predicted octanol–water partition coefficient (Wildman–Crippen LogP) is 4.55. The Labute approximate surface area is 161 Å². The van der Waals surface area contributed by atoms with E-state index in [-0.39, 0.29) is 23.4 Å². The highest BCUT2D eigenvalue weighted by molar-refractivity contribution is 5.94. The number of ketones is 1. The maximum absolute atomic E-state index is 13.6. The summed E-state index contributed by atoms with van der Waals surface area (Å²) in [5, 5.41) is 0. The molecule has 0 aliphatic heterocycles. The van der Waals surface area contributed by atoms with E-state index in [0.717, 1.165) is 6.07 Å². The van der Waals surface area contributed by atoms with E-state index in [4.69, 9.17) is 4.74 Å². The van der Waals surface area contributed by atoms with Crippen molar-refractivity contribution in [3.63, 3.8) is 0 Å². The van der Waals surface area contributed by atoms with Crippen LogP contribution in [0.25, 0.3) is 0 Å². The quantitative estimate of drug-likeness (QED) is 0.562. The number of aromatic nitrogens is 2. The molecule has 1 heterocycles. The highest BCUT2D eigenvalue weighted by atomic mass is 19.4. The molecule has 0 bridgehead atoms. The van der Waals surface area contributed by atoms with Crippen molar-refractivity contribution in [3.05, 3.63) is 52.1 Å². The molecule has 2 aromatic rings. The van der Waals surface area contributed by atoms with Crippen molar-refractivity contribution in [3.8, 4) is 0 Å². The largest absolute Gasteiger partial charge is 0.464 e. The van der Waals surface area contributed by atoms with Crippen molar-refractivity contribution in [2.24, 2.45) is 0 Å². The summed E-state index contributed by atoms with van der Waals surface area (Å²) in [6.07, 6.45) is -4.62. The van der Waals surface area contributed by atoms with Crippen LogP contribution in [0.15, 0.2) is 18.2 Å². The maximum atomic E-state index is 13.6. The Bertz CT molecular complexity index is 922. The van der Waals surface area contributed by atoms with E-state index in [2.05, 4.69) is 4.98 Å². The summed E-state index contributed by atoms with van der Waals surface area (Å²) >= 11 is 0. The standard InChI is InChI=1S/C20H23F3N2O3/c1-11-16(17(27)28-6)24-18(19(3,4)5)25(11)10-14-8-7-13(12(2)26)9-15(14)20(21,22)23/h7-9H,10H2,1-6H3. The van der Waals surface area contributed by atoms with Crippen LogP contribution in [0.5, 0.6) is 0 Å². The van der Waals surface area contributed by atoms with Gasteiger partial charge in [-0.15, -0.1) is 0 Å². The number of hydrogen-bond donors (Lipinski definition) is 0. The van der Waals surface area contributed by atoms with Crippen LogP contribution in [0.2, 0.25) is 0 Å². The second-order valence-corrected chi connectivity index (χ2v) is 7.62. The van der Waals surface area contributed by atoms with Crippen molar-refractivity contribution in [1.82, 2.24) is 9.55 Å². The van der Waals surface area contributed by atoms with E-state index in [1.807, 2.05) is 20.8 Å². The fourth-order valence-corrected chi connectivity index (χ4v) is 2.96. The summed E-state index contributed by atoms with van der Waals surface area (Å²) in [6, 6.07) is 3.53. The SMILES string of the molecule is COC(=O)c1nc(C(C)(C)C)n(Cc2ccc(C(C)=O)cc2C(F)(F)F)c1C. The van der Waals surface area contributed by atoms with Crippen molar-refractivity contribution >= 4 is 11.8 Å². The minimum Gasteiger partial charge on any atom is -0.464 e. The second kappa shape index (κ2) is 7.41. The van der Waals surface area contributed by atoms with Gasteiger partial charge < -0.3 is 9.30 Å². The highest BCUT2D eigenvalue weighted by Crippen LogP contribution is 2.34. The van der Waals surface area contributed by atoms with E-state index in [1.165, 1.54) is 26.2 Å². The van der Waals surface area contributed by atoms with Crippen LogP contribution in [-0.4, -0.2) is 28.4 Å². The number of alkyl halides is 3. The third kappa shape index (κ3) is 4.26. The number of Topliss-reactive ketones (excluding diaryl/α,β-unsaturated/α-hetero) is 1. The van der Waals surface area contributed by atoms with Crippen LogP contribution in [-0.2, 0) is 22.9 Å². The molecule has 0 aliphatic carbocycles. The van der Waals surface area contributed by atoms with Gasteiger partial charge in [0.1, 0.15) is 5.82 Å². The van der Waals surface area contributed by atoms with Gasteiger partial charge in [-0.2, -0.15) is 13.2 Å². The number of methoxy groups -OCH3 is 1. The molecule has 2 rings (SSSR count). The molecule has 152 valence electrons. The lowest BCUT2D eigenvalue weighted by Crippen LogP contribution is -2.21. The van der Waals surface area contributed by atoms with E-state index < -0.39 is 28.9 Å². The van der Waals surface area contributed by atoms with Crippen LogP contribution < -0.4 is 0 Å². The zero-order chi connectivity index (χ0) is 21.4. The first-order valence-corrected chi connectivity index (χ1v) is 8.64. The number of hydrogen-bond acceptors (Lipinski definition) is 4. The van der Waals surface area contributed by atoms with Crippen molar-refractivity contribution < 1.29 is 27.5 Å². The number of imidazole rings is 1. The molecule has 0 unspecified atom stereocenters. The Morgan fingerprint density at radius 2 is 1.79 bits per heavy atom. The Balaban J connectivity index is 2.67. The zero-order valence-corrected chi connectivity index (χ0v) is 16.7. The summed E-state index contributed by atoms with van der Waals surface area (Å²) in [6.45, 7) is 8.26. The Hall–Kier alpha value is -2.64. The van der Waals surface area contributed by atoms with Crippen molar-refractivity contribution in [1.29, 1.82) is 0 Å². The summed E-state index contributed by atoms with van der Waals surface area (Å²) in [7, 11) is 1.22. The van der Waals surface area contributed by atoms with Crippen molar-refractivity contribution in [2.75, 3.05) is 7.11 Å². The number of carbonyl (C=O) groups excluding carboxylic acids is 2. The molecule has 0 saturated heterocycles. The van der Waals surface area contributed by atoms with Crippen LogP contribution in [0.1, 0.15) is 71.2 Å². The first-order chi connectivity index (χ1) is 12.8. The first kappa shape index (κ1) is 21.7. The fraction of sp³-hybridized carbons (Fsp3) is 0.450. The molecule has 1 aromatic heterocycles. The van der Waals surface area contributed by atoms with Crippen LogP contribution in [0.3, 0.4) is 0 Å². The number of halogens is 3. The number of rotatable bonds is 4. The number of carbonyl (C=O) groups is 2. The minimum atomic E-state index is -4.62. The smallest absolute Gasteiger partial charge is 0.416 e. The highest BCUT2D eigenvalue weighted by Gasteiger charge is 2.35. The third-order valence-electron chi connectivity index (χ3n) is 4.42. The molecular formula is C20H23F3N2O3. The topological polar surface area (TPSA) is 61.2 Å². The summed E-state index contributed by atoms with van der Waals surface area (Å²) < 4.78 is 47.1. The van der Waals surface area contributed by atoms with Gasteiger partial charge in [0, 0.05) is 23.2 Å². The van der Waals surface area contributed by atoms with Gasteiger partial charge in [-0.05, 0) is 25.5 Å². The predicted molar refractivity (Wildman–Crippen MR) is 97.6 cm³/mol. The molecule has 0 fully saturated rings. The molecule has 28 heavy (non-hydrogen) atoms. The number of benzene rings is 1. The fourth-order valence-electron chi connectivity index (χ4n) is 2.96. The number of esters is 1. The molecule has 0 atom stereocenters. The molecule has 0 saturated carbocycles. The Morgan fingerprint density at radius 3 is 2.25 bits per heavy atom. The molecular weight excluding hydrogens is 373 g/mol. The van der Waals surface area contributed by atoms with Gasteiger partial charge in [-0.25, -0.2) is 9.78 Å². The molecule has 1 aromatic carbocycles. The molecule has 5 nitrogen and oxygen atoms in total. The van der Waals surface area contributed by atoms with E-state index in [1.54, 1.807) is 11.5 Å². The maximum Gasteiger partial charge on any atom is 0.416 e. The van der Waals surface area contributed by atoms with E-state index in [0.29, 0.717) is 11.5 Å². The lowest BCUT2D eigenvalue weighted by molar-refractivity contribution is -0.138. The van der Waals surface area contributed by atoms with E-state index in [9.17, 15) is 22.8 Å². The molecule has 0 N–H and O–H groups in total. The third-order valence-corrected chi connectivity index (χ3v) is 4.42. The average Bonchev–Trinajstić information content (AvgIpc) is 2.90. The van der Waals surface area contributed by atoms with Gasteiger partial charge in [0.15, 0.2) is 11.5 Å². The number of nitrogens with zero attached hydrogens (tertiary/aromatic N) is 2. The molecule has 0 aliphatic rings. The molecule has 0 radical (unpaired) electrons. The molecule has 8 heteroatoms. The average molecular weight is 396 g/mol. The minimum absolute atomic E-state index is 0.00952. The lowest BCUT2D eigenvalue weighted by Gasteiger charge is -2.22. The van der Waals surface area contributed by atoms with Crippen LogP contribution in [0, 0.1) is 6.92 Å². The molecule has 0 spiro atoms. The molecule has 0 amide bonds. The van der Waals surface area contributed by atoms with Gasteiger partial charge in [-0.3, -0.25) is 4.79 Å². The van der Waals surface area contributed by atoms with Gasteiger partial charge in [-0.1, -0.05) is 32.9 Å². The van der Waals surface area contributed by atoms with Gasteiger partial charge in [0.2, 0.25) is 0 Å². The van der Waals surface area contributed by atoms with Crippen molar-refractivity contribution in [2.45, 2.75) is 52.8 Å².